The fourth-order valence-corrected chi connectivity index (χ4v) is 4.13. The molecule has 0 aliphatic rings. The summed E-state index contributed by atoms with van der Waals surface area (Å²) in [4.78, 5) is 13.1. The maximum Gasteiger partial charge on any atom is 0.225 e. The van der Waals surface area contributed by atoms with E-state index in [0.717, 1.165) is 51.9 Å². The summed E-state index contributed by atoms with van der Waals surface area (Å²) in [5, 5.41) is 19.2. The van der Waals surface area contributed by atoms with Gasteiger partial charge in [-0.15, -0.1) is 10.2 Å². The summed E-state index contributed by atoms with van der Waals surface area (Å²) in [7, 11) is 1.63. The summed E-state index contributed by atoms with van der Waals surface area (Å²) in [6, 6.07) is 13.2. The van der Waals surface area contributed by atoms with E-state index in [1.54, 1.807) is 18.9 Å². The molecule has 0 spiro atoms. The molecule has 0 aliphatic heterocycles. The topological polar surface area (TPSA) is 97.2 Å². The number of pyridine rings is 1. The van der Waals surface area contributed by atoms with Gasteiger partial charge in [-0.1, -0.05) is 6.07 Å². The summed E-state index contributed by atoms with van der Waals surface area (Å²) < 4.78 is 7.17. The summed E-state index contributed by atoms with van der Waals surface area (Å²) in [5.41, 5.74) is 4.22. The lowest BCUT2D eigenvalue weighted by atomic mass is 10.0. The summed E-state index contributed by atoms with van der Waals surface area (Å²) >= 11 is 1.74. The molecule has 9 heteroatoms. The van der Waals surface area contributed by atoms with Crippen LogP contribution >= 0.6 is 11.8 Å². The third-order valence-electron chi connectivity index (χ3n) is 5.37. The number of aryl methyl sites for hydroxylation is 1. The van der Waals surface area contributed by atoms with E-state index in [-0.39, 0.29) is 18.4 Å². The first-order chi connectivity index (χ1) is 15.6. The summed E-state index contributed by atoms with van der Waals surface area (Å²) in [6.07, 6.45) is 4.95. The number of methoxy groups -OCH3 is 1. The molecule has 166 valence electrons. The molecule has 3 heterocycles. The van der Waals surface area contributed by atoms with Crippen molar-refractivity contribution in [3.05, 3.63) is 65.7 Å². The largest absolute Gasteiger partial charge is 0.497 e. The zero-order chi connectivity index (χ0) is 22.5. The number of nitrogens with zero attached hydrogens (tertiary/aromatic N) is 4. The molecule has 1 aromatic carbocycles. The van der Waals surface area contributed by atoms with Crippen LogP contribution < -0.4 is 10.1 Å². The molecule has 4 aromatic rings. The monoisotopic (exact) mass is 450 g/mol. The Morgan fingerprint density at radius 3 is 2.78 bits per heavy atom. The Kier molecular flexibility index (Phi) is 6.75. The molecule has 1 amide bonds. The Bertz CT molecular complexity index is 1200. The molecule has 0 radical (unpaired) electrons. The Labute approximate surface area is 190 Å². The van der Waals surface area contributed by atoms with Gasteiger partial charge < -0.3 is 10.1 Å². The van der Waals surface area contributed by atoms with Gasteiger partial charge in [0.05, 0.1) is 25.3 Å². The van der Waals surface area contributed by atoms with Crippen molar-refractivity contribution >= 4 is 23.3 Å². The molecular formula is C23H26N6O2S. The highest BCUT2D eigenvalue weighted by molar-refractivity contribution is 7.98. The van der Waals surface area contributed by atoms with Crippen LogP contribution in [0.25, 0.3) is 16.9 Å². The normalized spacial score (nSPS) is 12.1. The fourth-order valence-electron chi connectivity index (χ4n) is 3.66. The number of nitrogens with one attached hydrogen (secondary N) is 2. The number of hydrogen-bond acceptors (Lipinski definition) is 6. The van der Waals surface area contributed by atoms with Gasteiger partial charge in [0.15, 0.2) is 11.5 Å². The van der Waals surface area contributed by atoms with Gasteiger partial charge in [0.1, 0.15) is 5.75 Å². The molecule has 2 N–H and O–H groups in total. The number of hydrogen-bond donors (Lipinski definition) is 2. The van der Waals surface area contributed by atoms with E-state index < -0.39 is 0 Å². The van der Waals surface area contributed by atoms with E-state index in [9.17, 15) is 4.79 Å². The number of H-pyrrole nitrogens is 1. The predicted octanol–water partition coefficient (Wildman–Crippen LogP) is 3.59. The molecule has 0 unspecified atom stereocenters. The maximum absolute atomic E-state index is 13.1. The Morgan fingerprint density at radius 2 is 2.03 bits per heavy atom. The third-order valence-corrected chi connectivity index (χ3v) is 6.02. The zero-order valence-electron chi connectivity index (χ0n) is 18.3. The average molecular weight is 451 g/mol. The lowest BCUT2D eigenvalue weighted by Gasteiger charge is -2.17. The van der Waals surface area contributed by atoms with Gasteiger partial charge in [0, 0.05) is 23.0 Å². The Hall–Kier alpha value is -3.33. The molecule has 0 saturated heterocycles. The molecule has 1 atom stereocenters. The minimum Gasteiger partial charge on any atom is -0.497 e. The maximum atomic E-state index is 13.1. The molecule has 8 nitrogen and oxygen atoms in total. The molecule has 0 aliphatic carbocycles. The quantitative estimate of drug-likeness (QED) is 0.404. The molecule has 0 fully saturated rings. The first-order valence-corrected chi connectivity index (χ1v) is 11.8. The number of thioether (sulfide) groups is 1. The van der Waals surface area contributed by atoms with Crippen molar-refractivity contribution in [3.63, 3.8) is 0 Å². The van der Waals surface area contributed by atoms with Crippen LogP contribution in [0.1, 0.15) is 29.5 Å². The van der Waals surface area contributed by atoms with Gasteiger partial charge in [0.25, 0.3) is 0 Å². The van der Waals surface area contributed by atoms with Crippen molar-refractivity contribution in [1.82, 2.24) is 30.1 Å². The number of carbonyl (C=O) groups excluding carboxylic acids is 1. The van der Waals surface area contributed by atoms with Crippen molar-refractivity contribution in [1.29, 1.82) is 0 Å². The van der Waals surface area contributed by atoms with Crippen LogP contribution in [-0.2, 0) is 11.2 Å². The number of benzene rings is 1. The lowest BCUT2D eigenvalue weighted by Crippen LogP contribution is -2.31. The van der Waals surface area contributed by atoms with Crippen LogP contribution in [0, 0.1) is 6.92 Å². The fraction of sp³-hybridized carbons (Fsp3) is 0.304. The van der Waals surface area contributed by atoms with Gasteiger partial charge in [0.2, 0.25) is 5.91 Å². The zero-order valence-corrected chi connectivity index (χ0v) is 19.1. The molecular weight excluding hydrogens is 424 g/mol. The van der Waals surface area contributed by atoms with Crippen LogP contribution in [0.5, 0.6) is 5.75 Å². The molecule has 3 aromatic heterocycles. The second-order valence-electron chi connectivity index (χ2n) is 7.47. The number of amides is 1. The first kappa shape index (κ1) is 21.9. The van der Waals surface area contributed by atoms with Crippen molar-refractivity contribution in [3.8, 4) is 17.0 Å². The molecule has 4 rings (SSSR count). The first-order valence-electron chi connectivity index (χ1n) is 10.4. The van der Waals surface area contributed by atoms with Gasteiger partial charge in [-0.2, -0.15) is 16.9 Å². The standard InChI is InChI=1S/C23H26N6O2S/c1-15-18(22(27-25-15)16-7-9-17(31-2)10-8-16)14-21(30)24-19(11-13-32-3)23-28-26-20-6-4-5-12-29(20)23/h4-10,12,19H,11,13-14H2,1-3H3,(H,24,30)(H,25,27)/t19-/m0/s1. The minimum absolute atomic E-state index is 0.0805. The number of fused-ring (bicyclic) bond motifs is 1. The van der Waals surface area contributed by atoms with E-state index in [4.69, 9.17) is 4.74 Å². The average Bonchev–Trinajstić information content (AvgIpc) is 3.40. The second-order valence-corrected chi connectivity index (χ2v) is 8.46. The Morgan fingerprint density at radius 1 is 1.22 bits per heavy atom. The highest BCUT2D eigenvalue weighted by Crippen LogP contribution is 2.26. The van der Waals surface area contributed by atoms with Crippen LogP contribution in [0.15, 0.2) is 48.7 Å². The van der Waals surface area contributed by atoms with Crippen molar-refractivity contribution in [2.24, 2.45) is 0 Å². The number of aromatic amines is 1. The van der Waals surface area contributed by atoms with E-state index in [2.05, 4.69) is 32.0 Å². The van der Waals surface area contributed by atoms with Crippen molar-refractivity contribution in [2.75, 3.05) is 19.1 Å². The van der Waals surface area contributed by atoms with Crippen LogP contribution in [0.2, 0.25) is 0 Å². The van der Waals surface area contributed by atoms with Gasteiger partial charge in [-0.25, -0.2) is 0 Å². The van der Waals surface area contributed by atoms with Crippen molar-refractivity contribution < 1.29 is 9.53 Å². The summed E-state index contributed by atoms with van der Waals surface area (Å²) in [6.45, 7) is 1.93. The van der Waals surface area contributed by atoms with Crippen LogP contribution in [0.4, 0.5) is 0 Å². The third kappa shape index (κ3) is 4.62. The molecule has 32 heavy (non-hydrogen) atoms. The van der Waals surface area contributed by atoms with Gasteiger partial charge >= 0.3 is 0 Å². The second kappa shape index (κ2) is 9.86. The number of aromatic nitrogens is 5. The van der Waals surface area contributed by atoms with E-state index in [0.29, 0.717) is 0 Å². The number of ether oxygens (including phenoxy) is 1. The van der Waals surface area contributed by atoms with Gasteiger partial charge in [-0.05, 0) is 61.8 Å². The van der Waals surface area contributed by atoms with Crippen LogP contribution in [0.3, 0.4) is 0 Å². The van der Waals surface area contributed by atoms with E-state index in [1.165, 1.54) is 0 Å². The number of carbonyl (C=O) groups is 1. The minimum atomic E-state index is -0.232. The smallest absolute Gasteiger partial charge is 0.225 e. The molecule has 0 saturated carbocycles. The molecule has 0 bridgehead atoms. The van der Waals surface area contributed by atoms with Gasteiger partial charge in [-0.3, -0.25) is 14.3 Å². The Balaban J connectivity index is 1.55. The SMILES string of the molecule is COc1ccc(-c2n[nH]c(C)c2CC(=O)N[C@@H](CCSC)c2nnc3ccccn23)cc1. The highest BCUT2D eigenvalue weighted by atomic mass is 32.2. The lowest BCUT2D eigenvalue weighted by molar-refractivity contribution is -0.121. The predicted molar refractivity (Wildman–Crippen MR) is 126 cm³/mol. The van der Waals surface area contributed by atoms with Crippen LogP contribution in [-0.4, -0.2) is 49.8 Å². The number of rotatable bonds is 9. The van der Waals surface area contributed by atoms with E-state index >= 15 is 0 Å². The highest BCUT2D eigenvalue weighted by Gasteiger charge is 2.22. The van der Waals surface area contributed by atoms with E-state index in [1.807, 2.05) is 60.0 Å². The summed E-state index contributed by atoms with van der Waals surface area (Å²) in [5.74, 6) is 2.33. The van der Waals surface area contributed by atoms with Crippen molar-refractivity contribution in [2.45, 2.75) is 25.8 Å².